The molecule has 3 heterocycles. The van der Waals surface area contributed by atoms with Crippen molar-refractivity contribution in [1.29, 1.82) is 0 Å². The number of allylic oxidation sites excluding steroid dienone is 1. The number of rotatable bonds is 14. The van der Waals surface area contributed by atoms with Crippen LogP contribution in [0, 0.1) is 6.92 Å². The molecule has 0 bridgehead atoms. The van der Waals surface area contributed by atoms with E-state index >= 15 is 0 Å². The van der Waals surface area contributed by atoms with Crippen molar-refractivity contribution in [3.8, 4) is 0 Å². The van der Waals surface area contributed by atoms with Crippen LogP contribution in [0.3, 0.4) is 0 Å². The minimum atomic E-state index is 0. The molecule has 2 aromatic rings. The molecular formula is C27H40ClN3O. The molecule has 0 atom stereocenters. The van der Waals surface area contributed by atoms with E-state index in [4.69, 9.17) is 9.73 Å². The second-order valence-electron chi connectivity index (χ2n) is 8.54. The smallest absolute Gasteiger partial charge is 0.147 e. The minimum Gasteiger partial charge on any atom is -0.492 e. The number of hydrogen-bond donors (Lipinski definition) is 2. The highest BCUT2D eigenvalue weighted by atomic mass is 35.5. The lowest BCUT2D eigenvalue weighted by molar-refractivity contribution is 0.239. The van der Waals surface area contributed by atoms with Crippen molar-refractivity contribution in [2.24, 2.45) is 4.99 Å². The van der Waals surface area contributed by atoms with Crippen molar-refractivity contribution in [1.82, 2.24) is 9.97 Å². The summed E-state index contributed by atoms with van der Waals surface area (Å²) in [6.07, 6.45) is 17.5. The van der Waals surface area contributed by atoms with Gasteiger partial charge in [0.15, 0.2) is 0 Å². The number of aromatic nitrogens is 2. The number of ether oxygens (including phenoxy) is 1. The van der Waals surface area contributed by atoms with Gasteiger partial charge in [0.2, 0.25) is 0 Å². The summed E-state index contributed by atoms with van der Waals surface area (Å²) in [4.78, 5) is 11.7. The highest BCUT2D eigenvalue weighted by molar-refractivity contribution is 6.11. The van der Waals surface area contributed by atoms with Crippen molar-refractivity contribution in [3.63, 3.8) is 0 Å². The molecule has 176 valence electrons. The minimum absolute atomic E-state index is 0. The highest BCUT2D eigenvalue weighted by Gasteiger charge is 2.18. The molecule has 0 unspecified atom stereocenters. The van der Waals surface area contributed by atoms with Gasteiger partial charge in [0.05, 0.1) is 18.0 Å². The molecule has 0 aliphatic carbocycles. The second-order valence-corrected chi connectivity index (χ2v) is 8.54. The van der Waals surface area contributed by atoms with Gasteiger partial charge in [0, 0.05) is 23.2 Å². The van der Waals surface area contributed by atoms with Gasteiger partial charge in [-0.3, -0.25) is 0 Å². The molecular weight excluding hydrogens is 418 g/mol. The van der Waals surface area contributed by atoms with Crippen LogP contribution in [0.4, 0.5) is 0 Å². The third kappa shape index (κ3) is 8.05. The van der Waals surface area contributed by atoms with E-state index in [1.165, 1.54) is 63.5 Å². The Balaban J connectivity index is 0.00000363. The molecule has 32 heavy (non-hydrogen) atoms. The van der Waals surface area contributed by atoms with Gasteiger partial charge < -0.3 is 14.7 Å². The van der Waals surface area contributed by atoms with Crippen molar-refractivity contribution >= 4 is 24.2 Å². The Morgan fingerprint density at radius 1 is 0.875 bits per heavy atom. The number of aryl methyl sites for hydroxylation is 2. The van der Waals surface area contributed by atoms with E-state index in [-0.39, 0.29) is 12.4 Å². The first kappa shape index (κ1) is 26.1. The number of aliphatic imine (C=N–C) groups is 1. The van der Waals surface area contributed by atoms with E-state index in [0.717, 1.165) is 40.7 Å². The number of nitrogens with zero attached hydrogens (tertiary/aromatic N) is 1. The first-order valence-corrected chi connectivity index (χ1v) is 12.2. The van der Waals surface area contributed by atoms with Crippen LogP contribution < -0.4 is 0 Å². The quantitative estimate of drug-likeness (QED) is 0.278. The zero-order chi connectivity index (χ0) is 21.9. The van der Waals surface area contributed by atoms with Crippen molar-refractivity contribution in [2.45, 2.75) is 85.0 Å². The van der Waals surface area contributed by atoms with Crippen molar-refractivity contribution in [2.75, 3.05) is 6.61 Å². The normalized spacial score (nSPS) is 14.4. The van der Waals surface area contributed by atoms with Gasteiger partial charge in [-0.05, 0) is 57.0 Å². The Labute approximate surface area is 200 Å². The van der Waals surface area contributed by atoms with Crippen LogP contribution in [0.5, 0.6) is 0 Å². The Morgan fingerprint density at radius 3 is 2.25 bits per heavy atom. The fourth-order valence-corrected chi connectivity index (χ4v) is 4.04. The van der Waals surface area contributed by atoms with Crippen LogP contribution in [0.15, 0.2) is 46.8 Å². The molecule has 1 aliphatic heterocycles. The van der Waals surface area contributed by atoms with E-state index in [2.05, 4.69) is 54.2 Å². The zero-order valence-electron chi connectivity index (χ0n) is 20.0. The monoisotopic (exact) mass is 457 g/mol. The Hall–Kier alpha value is -2.20. The molecule has 2 aromatic heterocycles. The van der Waals surface area contributed by atoms with E-state index < -0.39 is 0 Å². The Kier molecular flexibility index (Phi) is 11.4. The van der Waals surface area contributed by atoms with E-state index in [0.29, 0.717) is 6.61 Å². The van der Waals surface area contributed by atoms with E-state index in [9.17, 15) is 0 Å². The van der Waals surface area contributed by atoms with Gasteiger partial charge >= 0.3 is 0 Å². The maximum atomic E-state index is 5.84. The van der Waals surface area contributed by atoms with Crippen LogP contribution in [-0.2, 0) is 11.2 Å². The van der Waals surface area contributed by atoms with Gasteiger partial charge in [0.1, 0.15) is 11.5 Å². The summed E-state index contributed by atoms with van der Waals surface area (Å²) >= 11 is 0. The van der Waals surface area contributed by atoms with Crippen LogP contribution in [0.25, 0.3) is 6.08 Å². The average Bonchev–Trinajstić information content (AvgIpc) is 3.48. The predicted octanol–water partition coefficient (Wildman–Crippen LogP) is 7.91. The summed E-state index contributed by atoms with van der Waals surface area (Å²) in [5.74, 6) is 0.833. The fraction of sp³-hybridized carbons (Fsp3) is 0.519. The molecule has 3 rings (SSSR count). The third-order valence-corrected chi connectivity index (χ3v) is 5.78. The fourth-order valence-electron chi connectivity index (χ4n) is 4.04. The lowest BCUT2D eigenvalue weighted by Gasteiger charge is -2.04. The van der Waals surface area contributed by atoms with Crippen molar-refractivity contribution < 1.29 is 4.74 Å². The molecule has 1 aliphatic rings. The summed E-state index contributed by atoms with van der Waals surface area (Å²) in [7, 11) is 0. The van der Waals surface area contributed by atoms with Crippen LogP contribution in [0.1, 0.15) is 94.4 Å². The molecule has 2 N–H and O–H groups in total. The van der Waals surface area contributed by atoms with Crippen LogP contribution in [-0.4, -0.2) is 22.3 Å². The average molecular weight is 458 g/mol. The van der Waals surface area contributed by atoms with Gasteiger partial charge in [0.25, 0.3) is 0 Å². The third-order valence-electron chi connectivity index (χ3n) is 5.78. The van der Waals surface area contributed by atoms with Gasteiger partial charge in [-0.15, -0.1) is 12.4 Å². The first-order valence-electron chi connectivity index (χ1n) is 12.2. The van der Waals surface area contributed by atoms with Gasteiger partial charge in [-0.1, -0.05) is 58.3 Å². The molecule has 0 fully saturated rings. The summed E-state index contributed by atoms with van der Waals surface area (Å²) in [6, 6.07) is 8.48. The standard InChI is InChI=1S/C27H39N3O.ClH/c1-4-6-7-8-9-10-11-12-13-14-22-16-17-23(29-22)19-26-27(31-5-2)20-25(30-26)24-18-15-21(3)28-24;/h15-20,28-29H,4-14H2,1-3H3;1H. The molecule has 0 aromatic carbocycles. The molecule has 0 radical (unpaired) electrons. The second kappa shape index (κ2) is 14.1. The summed E-state index contributed by atoms with van der Waals surface area (Å²) in [5, 5.41) is 0. The number of halogens is 1. The molecule has 4 nitrogen and oxygen atoms in total. The maximum Gasteiger partial charge on any atom is 0.147 e. The molecule has 0 saturated heterocycles. The molecule has 0 spiro atoms. The number of hydrogen-bond acceptors (Lipinski definition) is 2. The lowest BCUT2D eigenvalue weighted by atomic mass is 10.1. The van der Waals surface area contributed by atoms with Gasteiger partial charge in [-0.2, -0.15) is 0 Å². The molecule has 5 heteroatoms. The topological polar surface area (TPSA) is 53.2 Å². The summed E-state index contributed by atoms with van der Waals surface area (Å²) < 4.78 is 5.84. The highest BCUT2D eigenvalue weighted by Crippen LogP contribution is 2.25. The molecule has 0 saturated carbocycles. The summed E-state index contributed by atoms with van der Waals surface area (Å²) in [6.45, 7) is 6.97. The predicted molar refractivity (Wildman–Crippen MR) is 139 cm³/mol. The van der Waals surface area contributed by atoms with E-state index in [1.54, 1.807) is 0 Å². The van der Waals surface area contributed by atoms with Gasteiger partial charge in [-0.25, -0.2) is 4.99 Å². The largest absolute Gasteiger partial charge is 0.492 e. The Morgan fingerprint density at radius 2 is 1.59 bits per heavy atom. The Bertz CT molecular complexity index is 904. The molecule has 0 amide bonds. The SMILES string of the molecule is CCCCCCCCCCCc1ccc(C=C2N=C(c3ccc(C)[nH]3)C=C2OCC)[nH]1.Cl. The van der Waals surface area contributed by atoms with Crippen molar-refractivity contribution in [3.05, 3.63) is 64.6 Å². The number of unbranched alkanes of at least 4 members (excludes halogenated alkanes) is 8. The number of nitrogens with one attached hydrogen (secondary N) is 2. The van der Waals surface area contributed by atoms with E-state index in [1.807, 2.05) is 13.0 Å². The first-order chi connectivity index (χ1) is 15.2. The lowest BCUT2D eigenvalue weighted by Crippen LogP contribution is -1.94. The maximum absolute atomic E-state index is 5.84. The zero-order valence-corrected chi connectivity index (χ0v) is 20.8. The number of aromatic amines is 2. The van der Waals surface area contributed by atoms with Crippen LogP contribution >= 0.6 is 12.4 Å². The number of H-pyrrole nitrogens is 2. The summed E-state index contributed by atoms with van der Waals surface area (Å²) in [5.41, 5.74) is 6.34. The van der Waals surface area contributed by atoms with Crippen LogP contribution in [0.2, 0.25) is 0 Å².